The van der Waals surface area contributed by atoms with Crippen molar-refractivity contribution in [1.82, 2.24) is 20.0 Å². The Balaban J connectivity index is 1.45. The van der Waals surface area contributed by atoms with E-state index in [0.717, 1.165) is 17.3 Å². The summed E-state index contributed by atoms with van der Waals surface area (Å²) in [6.07, 6.45) is 3.55. The van der Waals surface area contributed by atoms with Crippen LogP contribution >= 0.6 is 11.8 Å². The van der Waals surface area contributed by atoms with Gasteiger partial charge in [0.25, 0.3) is 5.91 Å². The van der Waals surface area contributed by atoms with Gasteiger partial charge in [-0.25, -0.2) is 13.8 Å². The molecule has 0 fully saturated rings. The van der Waals surface area contributed by atoms with Crippen molar-refractivity contribution in [2.45, 2.75) is 11.8 Å². The Morgan fingerprint density at radius 3 is 2.96 bits per heavy atom. The van der Waals surface area contributed by atoms with Gasteiger partial charge in [0.05, 0.1) is 0 Å². The zero-order valence-electron chi connectivity index (χ0n) is 14.3. The van der Waals surface area contributed by atoms with Crippen LogP contribution in [-0.2, 0) is 13.7 Å². The molecule has 0 unspecified atom stereocenters. The number of nitrogens with one attached hydrogen (secondary N) is 1. The van der Waals surface area contributed by atoms with E-state index in [1.807, 2.05) is 17.8 Å². The number of amides is 1. The van der Waals surface area contributed by atoms with Crippen LogP contribution in [0.3, 0.4) is 0 Å². The maximum absolute atomic E-state index is 13.5. The summed E-state index contributed by atoms with van der Waals surface area (Å²) in [5, 5.41) is 7.24. The normalized spacial score (nSPS) is 10.8. The van der Waals surface area contributed by atoms with Gasteiger partial charge in [-0.05, 0) is 12.1 Å². The van der Waals surface area contributed by atoms with Crippen LogP contribution in [0.2, 0.25) is 0 Å². The van der Waals surface area contributed by atoms with Crippen LogP contribution in [0.4, 0.5) is 8.78 Å². The van der Waals surface area contributed by atoms with Gasteiger partial charge in [0.1, 0.15) is 12.4 Å². The fourth-order valence-corrected chi connectivity index (χ4v) is 2.90. The Hall–Kier alpha value is -2.88. The molecular formula is C17H16F2N4O3S. The highest BCUT2D eigenvalue weighted by Crippen LogP contribution is 2.19. The first kappa shape index (κ1) is 18.9. The van der Waals surface area contributed by atoms with Crippen LogP contribution in [0.1, 0.15) is 16.2 Å². The highest BCUT2D eigenvalue weighted by Gasteiger charge is 2.13. The van der Waals surface area contributed by atoms with Crippen molar-refractivity contribution in [2.75, 3.05) is 12.3 Å². The van der Waals surface area contributed by atoms with Crippen molar-refractivity contribution in [2.24, 2.45) is 7.05 Å². The maximum atomic E-state index is 13.5. The number of imidazole rings is 1. The summed E-state index contributed by atoms with van der Waals surface area (Å²) in [5.41, 5.74) is 0.0927. The Morgan fingerprint density at radius 2 is 2.22 bits per heavy atom. The number of thioether (sulfide) groups is 1. The molecule has 27 heavy (non-hydrogen) atoms. The second-order valence-corrected chi connectivity index (χ2v) is 6.53. The molecule has 2 aromatic heterocycles. The van der Waals surface area contributed by atoms with Crippen molar-refractivity contribution in [3.63, 3.8) is 0 Å². The topological polar surface area (TPSA) is 82.2 Å². The van der Waals surface area contributed by atoms with Gasteiger partial charge in [-0.2, -0.15) is 0 Å². The predicted octanol–water partition coefficient (Wildman–Crippen LogP) is 2.79. The first-order valence-corrected chi connectivity index (χ1v) is 8.93. The number of carbonyl (C=O) groups excluding carboxylic acids is 1. The second-order valence-electron chi connectivity index (χ2n) is 5.47. The van der Waals surface area contributed by atoms with Crippen LogP contribution in [0.5, 0.6) is 5.75 Å². The van der Waals surface area contributed by atoms with Crippen molar-refractivity contribution >= 4 is 17.7 Å². The zero-order chi connectivity index (χ0) is 19.2. The molecule has 1 N–H and O–H groups in total. The molecule has 0 spiro atoms. The SMILES string of the molecule is Cn1ccnc1SCCNC(=O)c1cc(COc2ccc(F)cc2F)on1. The quantitative estimate of drug-likeness (QED) is 0.467. The molecule has 7 nitrogen and oxygen atoms in total. The lowest BCUT2D eigenvalue weighted by Crippen LogP contribution is -2.26. The standard InChI is InChI=1S/C17H16F2N4O3S/c1-23-6-4-21-17(23)27-7-5-20-16(24)14-9-12(26-22-14)10-25-15-3-2-11(18)8-13(15)19/h2-4,6,8-9H,5,7,10H2,1H3,(H,20,24). The summed E-state index contributed by atoms with van der Waals surface area (Å²) >= 11 is 1.52. The van der Waals surface area contributed by atoms with E-state index in [-0.39, 0.29) is 23.8 Å². The second kappa shape index (κ2) is 8.67. The lowest BCUT2D eigenvalue weighted by Gasteiger charge is -2.04. The van der Waals surface area contributed by atoms with E-state index in [4.69, 9.17) is 9.26 Å². The minimum absolute atomic E-state index is 0.0927. The summed E-state index contributed by atoms with van der Waals surface area (Å²) in [5.74, 6) is -1.14. The predicted molar refractivity (Wildman–Crippen MR) is 93.5 cm³/mol. The van der Waals surface area contributed by atoms with Crippen LogP contribution in [-0.4, -0.2) is 32.9 Å². The number of aromatic nitrogens is 3. The van der Waals surface area contributed by atoms with E-state index in [1.54, 1.807) is 6.20 Å². The fraction of sp³-hybridized carbons (Fsp3) is 0.235. The van der Waals surface area contributed by atoms with E-state index in [0.29, 0.717) is 12.3 Å². The monoisotopic (exact) mass is 394 g/mol. The van der Waals surface area contributed by atoms with Gasteiger partial charge in [0.2, 0.25) is 0 Å². The Labute approximate surface area is 157 Å². The molecule has 3 rings (SSSR count). The highest BCUT2D eigenvalue weighted by molar-refractivity contribution is 7.99. The van der Waals surface area contributed by atoms with Gasteiger partial charge in [0.15, 0.2) is 28.2 Å². The highest BCUT2D eigenvalue weighted by atomic mass is 32.2. The number of carbonyl (C=O) groups is 1. The summed E-state index contributed by atoms with van der Waals surface area (Å²) in [7, 11) is 1.89. The lowest BCUT2D eigenvalue weighted by atomic mass is 10.3. The molecule has 10 heteroatoms. The number of hydrogen-bond acceptors (Lipinski definition) is 6. The molecule has 0 aliphatic carbocycles. The Kier molecular flexibility index (Phi) is 6.07. The number of nitrogens with zero attached hydrogens (tertiary/aromatic N) is 3. The van der Waals surface area contributed by atoms with Crippen LogP contribution in [0.15, 0.2) is 46.3 Å². The number of hydrogen-bond donors (Lipinski definition) is 1. The summed E-state index contributed by atoms with van der Waals surface area (Å²) in [4.78, 5) is 16.2. The van der Waals surface area contributed by atoms with Crippen LogP contribution in [0.25, 0.3) is 0 Å². The van der Waals surface area contributed by atoms with E-state index in [1.165, 1.54) is 23.9 Å². The third-order valence-electron chi connectivity index (χ3n) is 3.45. The largest absolute Gasteiger partial charge is 0.482 e. The zero-order valence-corrected chi connectivity index (χ0v) is 15.1. The summed E-state index contributed by atoms with van der Waals surface area (Å²) in [6.45, 7) is 0.285. The molecule has 1 amide bonds. The smallest absolute Gasteiger partial charge is 0.273 e. The molecule has 0 saturated heterocycles. The van der Waals surface area contributed by atoms with Crippen molar-refractivity contribution in [3.8, 4) is 5.75 Å². The van der Waals surface area contributed by atoms with E-state index in [2.05, 4.69) is 15.5 Å². The molecule has 2 heterocycles. The minimum Gasteiger partial charge on any atom is -0.482 e. The molecule has 0 atom stereocenters. The number of aryl methyl sites for hydroxylation is 1. The van der Waals surface area contributed by atoms with Crippen molar-refractivity contribution in [3.05, 3.63) is 59.7 Å². The van der Waals surface area contributed by atoms with Gasteiger partial charge in [-0.1, -0.05) is 16.9 Å². The maximum Gasteiger partial charge on any atom is 0.273 e. The fourth-order valence-electron chi connectivity index (χ4n) is 2.12. The van der Waals surface area contributed by atoms with Gasteiger partial charge < -0.3 is 19.1 Å². The number of ether oxygens (including phenoxy) is 1. The Bertz CT molecular complexity index is 929. The van der Waals surface area contributed by atoms with E-state index < -0.39 is 17.5 Å². The Morgan fingerprint density at radius 1 is 1.37 bits per heavy atom. The van der Waals surface area contributed by atoms with Gasteiger partial charge >= 0.3 is 0 Å². The number of rotatable bonds is 8. The molecule has 0 radical (unpaired) electrons. The molecule has 142 valence electrons. The molecule has 0 bridgehead atoms. The van der Waals surface area contributed by atoms with Crippen LogP contribution in [0, 0.1) is 11.6 Å². The molecular weight excluding hydrogens is 378 g/mol. The summed E-state index contributed by atoms with van der Waals surface area (Å²) < 4.78 is 38.5. The average Bonchev–Trinajstić information content (AvgIpc) is 3.27. The molecule has 0 saturated carbocycles. The summed E-state index contributed by atoms with van der Waals surface area (Å²) in [6, 6.07) is 4.38. The molecule has 0 aliphatic heterocycles. The average molecular weight is 394 g/mol. The minimum atomic E-state index is -0.822. The number of benzene rings is 1. The number of halogens is 2. The van der Waals surface area contributed by atoms with Gasteiger partial charge in [-0.3, -0.25) is 4.79 Å². The van der Waals surface area contributed by atoms with Gasteiger partial charge in [-0.15, -0.1) is 0 Å². The third-order valence-corrected chi connectivity index (χ3v) is 4.51. The first-order chi connectivity index (χ1) is 13.0. The van der Waals surface area contributed by atoms with Crippen molar-refractivity contribution in [1.29, 1.82) is 0 Å². The first-order valence-electron chi connectivity index (χ1n) is 7.94. The lowest BCUT2D eigenvalue weighted by molar-refractivity contribution is 0.0947. The molecule has 1 aromatic carbocycles. The van der Waals surface area contributed by atoms with Crippen LogP contribution < -0.4 is 10.1 Å². The third kappa shape index (κ3) is 5.07. The van der Waals surface area contributed by atoms with Gasteiger partial charge in [0, 0.05) is 43.9 Å². The van der Waals surface area contributed by atoms with Crippen molar-refractivity contribution < 1.29 is 22.8 Å². The molecule has 0 aliphatic rings. The van der Waals surface area contributed by atoms with E-state index >= 15 is 0 Å². The molecule has 3 aromatic rings. The van der Waals surface area contributed by atoms with E-state index in [9.17, 15) is 13.6 Å².